The van der Waals surface area contributed by atoms with Gasteiger partial charge >= 0.3 is 0 Å². The normalized spacial score (nSPS) is 12.2. The van der Waals surface area contributed by atoms with Crippen LogP contribution in [-0.4, -0.2) is 13.1 Å². The van der Waals surface area contributed by atoms with Crippen molar-refractivity contribution in [3.63, 3.8) is 0 Å². The zero-order chi connectivity index (χ0) is 15.4. The number of halogens is 1. The van der Waals surface area contributed by atoms with E-state index in [4.69, 9.17) is 5.73 Å². The average Bonchev–Trinajstić information content (AvgIpc) is 2.37. The maximum Gasteiger partial charge on any atom is 0.0511 e. The van der Waals surface area contributed by atoms with Crippen molar-refractivity contribution in [2.24, 2.45) is 5.73 Å². The van der Waals surface area contributed by atoms with Crippen LogP contribution < -0.4 is 10.6 Å². The second kappa shape index (κ2) is 7.10. The van der Waals surface area contributed by atoms with Gasteiger partial charge in [0.1, 0.15) is 0 Å². The van der Waals surface area contributed by atoms with E-state index in [9.17, 15) is 0 Å². The lowest BCUT2D eigenvalue weighted by molar-refractivity contribution is 0.737. The second-order valence-electron chi connectivity index (χ2n) is 5.81. The number of benzene rings is 2. The average molecular weight is 347 g/mol. The summed E-state index contributed by atoms with van der Waals surface area (Å²) in [5, 5.41) is 0. The van der Waals surface area contributed by atoms with E-state index in [1.807, 2.05) is 6.92 Å². The third-order valence-electron chi connectivity index (χ3n) is 3.48. The van der Waals surface area contributed by atoms with Crippen molar-refractivity contribution in [1.82, 2.24) is 0 Å². The lowest BCUT2D eigenvalue weighted by Gasteiger charge is -2.22. The number of nitrogens with two attached hydrogens (primary N) is 1. The van der Waals surface area contributed by atoms with Gasteiger partial charge in [-0.25, -0.2) is 0 Å². The molecular formula is C18H23BrN2. The van der Waals surface area contributed by atoms with Gasteiger partial charge < -0.3 is 10.6 Å². The SMILES string of the molecule is Cc1cccc(CN(C)c2ccc(CC(C)N)cc2Br)c1. The van der Waals surface area contributed by atoms with E-state index in [-0.39, 0.29) is 6.04 Å². The fourth-order valence-electron chi connectivity index (χ4n) is 2.53. The molecule has 2 rings (SSSR count). The summed E-state index contributed by atoms with van der Waals surface area (Å²) in [6.45, 7) is 5.06. The van der Waals surface area contributed by atoms with Crippen LogP contribution in [0.1, 0.15) is 23.6 Å². The molecule has 0 fully saturated rings. The van der Waals surface area contributed by atoms with E-state index in [0.717, 1.165) is 17.4 Å². The van der Waals surface area contributed by atoms with Crippen LogP contribution >= 0.6 is 15.9 Å². The Morgan fingerprint density at radius 2 is 1.90 bits per heavy atom. The molecule has 1 unspecified atom stereocenters. The first-order valence-corrected chi connectivity index (χ1v) is 8.05. The molecule has 3 heteroatoms. The zero-order valence-corrected chi connectivity index (χ0v) is 14.5. The maximum atomic E-state index is 5.86. The highest BCUT2D eigenvalue weighted by Gasteiger charge is 2.08. The molecule has 112 valence electrons. The van der Waals surface area contributed by atoms with Gasteiger partial charge in [0.15, 0.2) is 0 Å². The van der Waals surface area contributed by atoms with Gasteiger partial charge in [-0.3, -0.25) is 0 Å². The molecule has 21 heavy (non-hydrogen) atoms. The summed E-state index contributed by atoms with van der Waals surface area (Å²) in [6.07, 6.45) is 0.903. The van der Waals surface area contributed by atoms with Crippen LogP contribution in [0, 0.1) is 6.92 Å². The summed E-state index contributed by atoms with van der Waals surface area (Å²) in [6, 6.07) is 15.3. The molecule has 0 amide bonds. The lowest BCUT2D eigenvalue weighted by atomic mass is 10.1. The predicted molar refractivity (Wildman–Crippen MR) is 94.8 cm³/mol. The van der Waals surface area contributed by atoms with Crippen LogP contribution in [-0.2, 0) is 13.0 Å². The van der Waals surface area contributed by atoms with Crippen LogP contribution in [0.4, 0.5) is 5.69 Å². The van der Waals surface area contributed by atoms with E-state index >= 15 is 0 Å². The van der Waals surface area contributed by atoms with Gasteiger partial charge in [-0.1, -0.05) is 35.9 Å². The van der Waals surface area contributed by atoms with Gasteiger partial charge in [-0.15, -0.1) is 0 Å². The fraction of sp³-hybridized carbons (Fsp3) is 0.333. The Morgan fingerprint density at radius 3 is 2.52 bits per heavy atom. The minimum atomic E-state index is 0.188. The van der Waals surface area contributed by atoms with Crippen LogP contribution in [0.3, 0.4) is 0 Å². The Balaban J connectivity index is 2.13. The first-order valence-electron chi connectivity index (χ1n) is 7.26. The van der Waals surface area contributed by atoms with E-state index in [1.54, 1.807) is 0 Å². The molecule has 0 saturated heterocycles. The molecule has 0 spiro atoms. The predicted octanol–water partition coefficient (Wildman–Crippen LogP) is 4.28. The summed E-state index contributed by atoms with van der Waals surface area (Å²) >= 11 is 3.68. The smallest absolute Gasteiger partial charge is 0.0511 e. The number of anilines is 1. The molecule has 2 aromatic rings. The quantitative estimate of drug-likeness (QED) is 0.875. The van der Waals surface area contributed by atoms with E-state index in [1.165, 1.54) is 22.4 Å². The molecule has 0 aliphatic carbocycles. The Bertz CT molecular complexity index is 608. The number of hydrogen-bond acceptors (Lipinski definition) is 2. The van der Waals surface area contributed by atoms with Crippen LogP contribution in [0.2, 0.25) is 0 Å². The van der Waals surface area contributed by atoms with Crippen LogP contribution in [0.25, 0.3) is 0 Å². The Hall–Kier alpha value is -1.32. The topological polar surface area (TPSA) is 29.3 Å². The molecule has 0 aliphatic heterocycles. The summed E-state index contributed by atoms with van der Waals surface area (Å²) in [5.41, 5.74) is 11.0. The van der Waals surface area contributed by atoms with Gasteiger partial charge in [0.25, 0.3) is 0 Å². The minimum absolute atomic E-state index is 0.188. The van der Waals surface area contributed by atoms with Gasteiger partial charge in [0.2, 0.25) is 0 Å². The van der Waals surface area contributed by atoms with Crippen molar-refractivity contribution >= 4 is 21.6 Å². The van der Waals surface area contributed by atoms with Gasteiger partial charge in [0, 0.05) is 24.1 Å². The molecule has 2 aromatic carbocycles. The summed E-state index contributed by atoms with van der Waals surface area (Å²) < 4.78 is 1.12. The van der Waals surface area contributed by atoms with Crippen molar-refractivity contribution in [1.29, 1.82) is 0 Å². The highest BCUT2D eigenvalue weighted by atomic mass is 79.9. The number of hydrogen-bond donors (Lipinski definition) is 1. The van der Waals surface area contributed by atoms with Crippen molar-refractivity contribution < 1.29 is 0 Å². The largest absolute Gasteiger partial charge is 0.369 e. The van der Waals surface area contributed by atoms with Crippen LogP contribution in [0.15, 0.2) is 46.9 Å². The molecule has 0 heterocycles. The van der Waals surface area contributed by atoms with E-state index in [2.05, 4.69) is 77.3 Å². The summed E-state index contributed by atoms with van der Waals surface area (Å²) in [4.78, 5) is 2.26. The highest BCUT2D eigenvalue weighted by molar-refractivity contribution is 9.10. The number of rotatable bonds is 5. The summed E-state index contributed by atoms with van der Waals surface area (Å²) in [7, 11) is 2.12. The standard InChI is InChI=1S/C18H23BrN2/c1-13-5-4-6-16(9-13)12-21(3)18-8-7-15(10-14(2)20)11-17(18)19/h4-9,11,14H,10,12,20H2,1-3H3. The Labute approximate surface area is 136 Å². The molecule has 0 aliphatic rings. The maximum absolute atomic E-state index is 5.86. The molecule has 0 aromatic heterocycles. The molecular weight excluding hydrogens is 324 g/mol. The third-order valence-corrected chi connectivity index (χ3v) is 4.12. The second-order valence-corrected chi connectivity index (χ2v) is 6.67. The van der Waals surface area contributed by atoms with Gasteiger partial charge in [-0.2, -0.15) is 0 Å². The Morgan fingerprint density at radius 1 is 1.14 bits per heavy atom. The van der Waals surface area contributed by atoms with Crippen molar-refractivity contribution in [3.8, 4) is 0 Å². The van der Waals surface area contributed by atoms with Gasteiger partial charge in [-0.05, 0) is 59.5 Å². The molecule has 0 radical (unpaired) electrons. The molecule has 1 atom stereocenters. The molecule has 2 N–H and O–H groups in total. The monoisotopic (exact) mass is 346 g/mol. The fourth-order valence-corrected chi connectivity index (χ4v) is 3.26. The minimum Gasteiger partial charge on any atom is -0.369 e. The Kier molecular flexibility index (Phi) is 5.43. The van der Waals surface area contributed by atoms with E-state index in [0.29, 0.717) is 0 Å². The van der Waals surface area contributed by atoms with Crippen LogP contribution in [0.5, 0.6) is 0 Å². The number of nitrogens with zero attached hydrogens (tertiary/aromatic N) is 1. The molecule has 0 bridgehead atoms. The zero-order valence-electron chi connectivity index (χ0n) is 12.9. The molecule has 0 saturated carbocycles. The number of aryl methyl sites for hydroxylation is 1. The lowest BCUT2D eigenvalue weighted by Crippen LogP contribution is -2.19. The summed E-state index contributed by atoms with van der Waals surface area (Å²) in [5.74, 6) is 0. The first-order chi connectivity index (χ1) is 9.95. The van der Waals surface area contributed by atoms with Crippen molar-refractivity contribution in [2.75, 3.05) is 11.9 Å². The first kappa shape index (κ1) is 16.1. The van der Waals surface area contributed by atoms with E-state index < -0.39 is 0 Å². The van der Waals surface area contributed by atoms with Crippen molar-refractivity contribution in [3.05, 3.63) is 63.6 Å². The highest BCUT2D eigenvalue weighted by Crippen LogP contribution is 2.28. The third kappa shape index (κ3) is 4.58. The van der Waals surface area contributed by atoms with Crippen molar-refractivity contribution in [2.45, 2.75) is 32.9 Å². The molecule has 2 nitrogen and oxygen atoms in total. The van der Waals surface area contributed by atoms with Gasteiger partial charge in [0.05, 0.1) is 5.69 Å².